The quantitative estimate of drug-likeness (QED) is 0.339. The van der Waals surface area contributed by atoms with E-state index in [9.17, 15) is 4.79 Å². The van der Waals surface area contributed by atoms with Crippen LogP contribution < -0.4 is 0 Å². The van der Waals surface area contributed by atoms with E-state index in [0.717, 1.165) is 43.4 Å². The fourth-order valence-electron chi connectivity index (χ4n) is 5.12. The van der Waals surface area contributed by atoms with Crippen molar-refractivity contribution in [3.8, 4) is 0 Å². The van der Waals surface area contributed by atoms with Gasteiger partial charge in [-0.15, -0.1) is 0 Å². The Morgan fingerprint density at radius 2 is 1.64 bits per heavy atom. The van der Waals surface area contributed by atoms with E-state index in [-0.39, 0.29) is 11.8 Å². The monoisotopic (exact) mass is 456 g/mol. The van der Waals surface area contributed by atoms with Crippen LogP contribution in [0.2, 0.25) is 5.02 Å². The maximum absolute atomic E-state index is 13.4. The zero-order valence-corrected chi connectivity index (χ0v) is 19.5. The Hall–Kier alpha value is -3.04. The van der Waals surface area contributed by atoms with Gasteiger partial charge in [0.25, 0.3) is 0 Å². The van der Waals surface area contributed by atoms with E-state index >= 15 is 0 Å². The summed E-state index contributed by atoms with van der Waals surface area (Å²) in [5.41, 5.74) is 4.78. The molecule has 4 heteroatoms. The van der Waals surface area contributed by atoms with E-state index in [1.807, 2.05) is 30.3 Å². The summed E-state index contributed by atoms with van der Waals surface area (Å²) in [5, 5.41) is 1.88. The number of aromatic nitrogens is 1. The number of benzene rings is 3. The lowest BCUT2D eigenvalue weighted by Crippen LogP contribution is -2.39. The third-order valence-electron chi connectivity index (χ3n) is 6.98. The van der Waals surface area contributed by atoms with E-state index in [4.69, 9.17) is 11.6 Å². The normalized spacial score (nSPS) is 15.6. The summed E-state index contributed by atoms with van der Waals surface area (Å²) in [6.07, 6.45) is 5.76. The Labute approximate surface area is 200 Å². The van der Waals surface area contributed by atoms with Crippen molar-refractivity contribution in [3.63, 3.8) is 0 Å². The first kappa shape index (κ1) is 21.8. The molecule has 4 aromatic rings. The third-order valence-corrected chi connectivity index (χ3v) is 7.23. The number of H-pyrrole nitrogens is 1. The molecule has 1 aliphatic rings. The summed E-state index contributed by atoms with van der Waals surface area (Å²) in [6, 6.07) is 26.9. The molecular weight excluding hydrogens is 428 g/mol. The second-order valence-corrected chi connectivity index (χ2v) is 9.55. The van der Waals surface area contributed by atoms with E-state index < -0.39 is 0 Å². The van der Waals surface area contributed by atoms with Gasteiger partial charge >= 0.3 is 0 Å². The Bertz CT molecular complexity index is 1210. The highest BCUT2D eigenvalue weighted by atomic mass is 35.5. The largest absolute Gasteiger partial charge is 0.361 e. The van der Waals surface area contributed by atoms with Crippen LogP contribution >= 0.6 is 11.6 Å². The Balaban J connectivity index is 1.31. The van der Waals surface area contributed by atoms with Gasteiger partial charge < -0.3 is 9.88 Å². The number of aromatic amines is 1. The van der Waals surface area contributed by atoms with Gasteiger partial charge in [0, 0.05) is 47.6 Å². The van der Waals surface area contributed by atoms with Crippen LogP contribution in [0.1, 0.15) is 41.9 Å². The number of piperidine rings is 1. The zero-order chi connectivity index (χ0) is 22.6. The molecule has 5 rings (SSSR count). The van der Waals surface area contributed by atoms with Crippen LogP contribution in [0.25, 0.3) is 10.9 Å². The molecule has 168 valence electrons. The van der Waals surface area contributed by atoms with E-state index in [2.05, 4.69) is 64.6 Å². The first-order chi connectivity index (χ1) is 16.2. The molecule has 1 aliphatic heterocycles. The molecule has 1 unspecified atom stereocenters. The maximum Gasteiger partial charge on any atom is 0.223 e. The minimum Gasteiger partial charge on any atom is -0.361 e. The average molecular weight is 457 g/mol. The van der Waals surface area contributed by atoms with Crippen LogP contribution in [-0.2, 0) is 11.2 Å². The third kappa shape index (κ3) is 4.99. The molecule has 0 aliphatic carbocycles. The molecule has 3 aromatic carbocycles. The maximum atomic E-state index is 13.4. The van der Waals surface area contributed by atoms with Crippen LogP contribution in [0, 0.1) is 5.92 Å². The van der Waals surface area contributed by atoms with Gasteiger partial charge in [0.2, 0.25) is 5.91 Å². The van der Waals surface area contributed by atoms with Crippen LogP contribution in [0.15, 0.2) is 85.1 Å². The number of amides is 1. The van der Waals surface area contributed by atoms with E-state index in [0.29, 0.717) is 17.4 Å². The number of para-hydroxylation sites is 1. The number of nitrogens with one attached hydrogen (secondary N) is 1. The van der Waals surface area contributed by atoms with Gasteiger partial charge in [0.05, 0.1) is 0 Å². The number of fused-ring (bicyclic) bond motifs is 1. The van der Waals surface area contributed by atoms with Crippen molar-refractivity contribution in [2.45, 2.75) is 31.6 Å². The van der Waals surface area contributed by atoms with Crippen molar-refractivity contribution < 1.29 is 4.79 Å². The number of rotatable bonds is 6. The molecule has 3 nitrogen and oxygen atoms in total. The first-order valence-electron chi connectivity index (χ1n) is 11.8. The molecule has 0 radical (unpaired) electrons. The van der Waals surface area contributed by atoms with Crippen molar-refractivity contribution in [2.75, 3.05) is 13.1 Å². The van der Waals surface area contributed by atoms with Gasteiger partial charge in [-0.2, -0.15) is 0 Å². The molecule has 1 atom stereocenters. The summed E-state index contributed by atoms with van der Waals surface area (Å²) < 4.78 is 0. The van der Waals surface area contributed by atoms with Gasteiger partial charge in [-0.05, 0) is 60.1 Å². The predicted molar refractivity (Wildman–Crippen MR) is 136 cm³/mol. The topological polar surface area (TPSA) is 36.1 Å². The molecule has 2 heterocycles. The number of halogens is 1. The predicted octanol–water partition coefficient (Wildman–Crippen LogP) is 6.82. The van der Waals surface area contributed by atoms with Gasteiger partial charge in [-0.1, -0.05) is 72.3 Å². The van der Waals surface area contributed by atoms with Crippen LogP contribution in [0.4, 0.5) is 0 Å². The molecule has 0 spiro atoms. The number of likely N-dealkylation sites (tertiary alicyclic amines) is 1. The molecule has 0 bridgehead atoms. The molecule has 1 amide bonds. The van der Waals surface area contributed by atoms with Crippen LogP contribution in [0.5, 0.6) is 0 Å². The highest BCUT2D eigenvalue weighted by Crippen LogP contribution is 2.35. The fraction of sp³-hybridized carbons (Fsp3) is 0.276. The molecule has 1 N–H and O–H groups in total. The van der Waals surface area contributed by atoms with Gasteiger partial charge in [0.1, 0.15) is 0 Å². The lowest BCUT2D eigenvalue weighted by atomic mass is 9.86. The number of hydrogen-bond acceptors (Lipinski definition) is 1. The Morgan fingerprint density at radius 3 is 2.39 bits per heavy atom. The summed E-state index contributed by atoms with van der Waals surface area (Å²) in [7, 11) is 0. The minimum atomic E-state index is -0.00652. The molecule has 33 heavy (non-hydrogen) atoms. The standard InChI is InChI=1S/C29H29ClN2O/c30-24-12-10-23(11-13-24)26(27-20-31-28-9-5-4-8-25(27)28)19-29(33)32-16-14-22(15-17-32)18-21-6-2-1-3-7-21/h1-13,20,22,26,31H,14-19H2. The Morgan fingerprint density at radius 1 is 0.939 bits per heavy atom. The minimum absolute atomic E-state index is 0.00652. The second-order valence-electron chi connectivity index (χ2n) is 9.11. The number of carbonyl (C=O) groups excluding carboxylic acids is 1. The smallest absolute Gasteiger partial charge is 0.223 e. The van der Waals surface area contributed by atoms with E-state index in [1.165, 1.54) is 16.5 Å². The summed E-state index contributed by atoms with van der Waals surface area (Å²) in [5.74, 6) is 0.878. The fourth-order valence-corrected chi connectivity index (χ4v) is 5.25. The highest BCUT2D eigenvalue weighted by Gasteiger charge is 2.27. The number of nitrogens with zero attached hydrogens (tertiary/aromatic N) is 1. The lowest BCUT2D eigenvalue weighted by molar-refractivity contribution is -0.132. The van der Waals surface area contributed by atoms with Gasteiger partial charge in [-0.25, -0.2) is 0 Å². The molecule has 0 saturated carbocycles. The van der Waals surface area contributed by atoms with Crippen LogP contribution in [0.3, 0.4) is 0 Å². The second kappa shape index (κ2) is 9.84. The van der Waals surface area contributed by atoms with Crippen molar-refractivity contribution in [3.05, 3.63) is 107 Å². The summed E-state index contributed by atoms with van der Waals surface area (Å²) in [4.78, 5) is 18.9. The van der Waals surface area contributed by atoms with Crippen molar-refractivity contribution in [1.29, 1.82) is 0 Å². The van der Waals surface area contributed by atoms with Crippen molar-refractivity contribution in [2.24, 2.45) is 5.92 Å². The van der Waals surface area contributed by atoms with Crippen molar-refractivity contribution in [1.82, 2.24) is 9.88 Å². The molecule has 1 saturated heterocycles. The molecular formula is C29H29ClN2O. The Kier molecular flexibility index (Phi) is 6.50. The zero-order valence-electron chi connectivity index (χ0n) is 18.7. The number of carbonyl (C=O) groups is 1. The van der Waals surface area contributed by atoms with Gasteiger partial charge in [0.15, 0.2) is 0 Å². The lowest BCUT2D eigenvalue weighted by Gasteiger charge is -2.33. The van der Waals surface area contributed by atoms with E-state index in [1.54, 1.807) is 0 Å². The van der Waals surface area contributed by atoms with Crippen molar-refractivity contribution >= 4 is 28.4 Å². The van der Waals surface area contributed by atoms with Gasteiger partial charge in [-0.3, -0.25) is 4.79 Å². The highest BCUT2D eigenvalue weighted by molar-refractivity contribution is 6.30. The first-order valence-corrected chi connectivity index (χ1v) is 12.2. The average Bonchev–Trinajstić information content (AvgIpc) is 3.28. The molecule has 1 fully saturated rings. The summed E-state index contributed by atoms with van der Waals surface area (Å²) >= 11 is 6.15. The van der Waals surface area contributed by atoms with Crippen LogP contribution in [-0.4, -0.2) is 28.9 Å². The molecule has 1 aromatic heterocycles. The summed E-state index contributed by atoms with van der Waals surface area (Å²) in [6.45, 7) is 1.69. The SMILES string of the molecule is O=C(CC(c1ccc(Cl)cc1)c1c[nH]c2ccccc12)N1CCC(Cc2ccccc2)CC1. The number of hydrogen-bond donors (Lipinski definition) is 1.